The van der Waals surface area contributed by atoms with E-state index in [2.05, 4.69) is 10.4 Å². The maximum absolute atomic E-state index is 5.92. The predicted octanol–water partition coefficient (Wildman–Crippen LogP) is 2.32. The van der Waals surface area contributed by atoms with Gasteiger partial charge in [-0.05, 0) is 46.2 Å². The Morgan fingerprint density at radius 1 is 1.25 bits per heavy atom. The predicted molar refractivity (Wildman–Crippen MR) is 81.9 cm³/mol. The van der Waals surface area contributed by atoms with Gasteiger partial charge in [-0.2, -0.15) is 0 Å². The van der Waals surface area contributed by atoms with Crippen molar-refractivity contribution in [2.24, 2.45) is 5.84 Å². The van der Waals surface area contributed by atoms with Crippen LogP contribution in [0.4, 0.5) is 5.82 Å². The van der Waals surface area contributed by atoms with Crippen LogP contribution in [0.3, 0.4) is 0 Å². The lowest BCUT2D eigenvalue weighted by Gasteiger charge is -2.32. The molecule has 0 aliphatic carbocycles. The molecule has 1 aliphatic heterocycles. The number of rotatable bonds is 3. The molecule has 1 aromatic heterocycles. The number of hydrogen-bond acceptors (Lipinski definition) is 5. The van der Waals surface area contributed by atoms with Gasteiger partial charge >= 0.3 is 7.12 Å². The first-order valence-electron chi connectivity index (χ1n) is 6.73. The molecule has 0 radical (unpaired) electrons. The summed E-state index contributed by atoms with van der Waals surface area (Å²) in [5.41, 5.74) is 3.95. The summed E-state index contributed by atoms with van der Waals surface area (Å²) < 4.78 is 11.8. The molecular formula is C14H22BN3O2. The van der Waals surface area contributed by atoms with Crippen LogP contribution < -0.4 is 11.3 Å². The first-order chi connectivity index (χ1) is 9.27. The molecule has 108 valence electrons. The van der Waals surface area contributed by atoms with Crippen molar-refractivity contribution in [3.63, 3.8) is 0 Å². The van der Waals surface area contributed by atoms with E-state index >= 15 is 0 Å². The molecule has 0 atom stereocenters. The van der Waals surface area contributed by atoms with Crippen molar-refractivity contribution >= 4 is 19.0 Å². The Hall–Kier alpha value is -1.37. The Morgan fingerprint density at radius 3 is 2.40 bits per heavy atom. The molecule has 1 aromatic rings. The topological polar surface area (TPSA) is 69.4 Å². The fraction of sp³-hybridized carbons (Fsp3) is 0.500. The lowest BCUT2D eigenvalue weighted by Crippen LogP contribution is -2.41. The average Bonchev–Trinajstić information content (AvgIpc) is 2.56. The molecule has 5 nitrogen and oxygen atoms in total. The van der Waals surface area contributed by atoms with Crippen LogP contribution in [0.5, 0.6) is 0 Å². The molecule has 2 heterocycles. The monoisotopic (exact) mass is 275 g/mol. The minimum absolute atomic E-state index is 0.332. The van der Waals surface area contributed by atoms with E-state index in [1.54, 1.807) is 6.20 Å². The minimum Gasteiger partial charge on any atom is -0.400 e. The molecule has 1 fully saturated rings. The van der Waals surface area contributed by atoms with E-state index in [1.165, 1.54) is 0 Å². The Bertz CT molecular complexity index is 513. The molecule has 3 N–H and O–H groups in total. The number of nitrogens with one attached hydrogen (secondary N) is 1. The third-order valence-corrected chi connectivity index (χ3v) is 4.04. The van der Waals surface area contributed by atoms with Crippen molar-refractivity contribution in [3.05, 3.63) is 29.4 Å². The highest BCUT2D eigenvalue weighted by Crippen LogP contribution is 2.37. The summed E-state index contributed by atoms with van der Waals surface area (Å²) in [5, 5.41) is 0. The molecule has 0 spiro atoms. The van der Waals surface area contributed by atoms with Crippen LogP contribution in [0.15, 0.2) is 18.2 Å². The fourth-order valence-electron chi connectivity index (χ4n) is 2.04. The highest BCUT2D eigenvalue weighted by molar-refractivity contribution is 6.52. The smallest absolute Gasteiger partial charge is 0.400 e. The van der Waals surface area contributed by atoms with Crippen molar-refractivity contribution in [2.45, 2.75) is 45.8 Å². The van der Waals surface area contributed by atoms with Gasteiger partial charge in [-0.1, -0.05) is 12.1 Å². The van der Waals surface area contributed by atoms with Gasteiger partial charge in [-0.15, -0.1) is 0 Å². The second-order valence-electron chi connectivity index (χ2n) is 6.02. The van der Waals surface area contributed by atoms with Crippen LogP contribution in [-0.4, -0.2) is 23.3 Å². The minimum atomic E-state index is -0.370. The van der Waals surface area contributed by atoms with E-state index in [9.17, 15) is 0 Å². The first-order valence-corrected chi connectivity index (χ1v) is 6.73. The Kier molecular flexibility index (Phi) is 3.91. The zero-order valence-corrected chi connectivity index (χ0v) is 12.7. The van der Waals surface area contributed by atoms with Gasteiger partial charge in [0.1, 0.15) is 5.82 Å². The molecule has 2 rings (SSSR count). The SMILES string of the molecule is Cc1ccnc(NN)c1/C=C/B1OC(C)(C)C(C)(C)O1. The summed E-state index contributed by atoms with van der Waals surface area (Å²) in [5.74, 6) is 8.01. The summed E-state index contributed by atoms with van der Waals surface area (Å²) >= 11 is 0. The zero-order chi connectivity index (χ0) is 15.0. The Morgan fingerprint density at radius 2 is 1.85 bits per heavy atom. The number of hydrogen-bond donors (Lipinski definition) is 2. The molecule has 0 aromatic carbocycles. The number of nitrogens with two attached hydrogens (primary N) is 1. The van der Waals surface area contributed by atoms with Crippen molar-refractivity contribution in [1.29, 1.82) is 0 Å². The van der Waals surface area contributed by atoms with E-state index in [4.69, 9.17) is 15.2 Å². The van der Waals surface area contributed by atoms with Gasteiger partial charge in [0.25, 0.3) is 0 Å². The van der Waals surface area contributed by atoms with Crippen molar-refractivity contribution < 1.29 is 9.31 Å². The standard InChI is InChI=1S/C14H22BN3O2/c1-10-7-9-17-12(18-16)11(10)6-8-15-19-13(2,3)14(4,5)20-15/h6-9H,16H2,1-5H3,(H,17,18)/b8-6+. The average molecular weight is 275 g/mol. The number of aryl methyl sites for hydroxylation is 1. The lowest BCUT2D eigenvalue weighted by atomic mass is 9.88. The molecule has 0 saturated carbocycles. The maximum atomic E-state index is 5.92. The summed E-state index contributed by atoms with van der Waals surface area (Å²) in [6.45, 7) is 10.1. The van der Waals surface area contributed by atoms with Crippen molar-refractivity contribution in [3.8, 4) is 0 Å². The Labute approximate surface area is 120 Å². The van der Waals surface area contributed by atoms with E-state index in [-0.39, 0.29) is 18.3 Å². The molecule has 1 saturated heterocycles. The quantitative estimate of drug-likeness (QED) is 0.503. The number of nitrogen functional groups attached to an aromatic ring is 1. The van der Waals surface area contributed by atoms with Crippen molar-refractivity contribution in [1.82, 2.24) is 4.98 Å². The lowest BCUT2D eigenvalue weighted by molar-refractivity contribution is 0.00578. The van der Waals surface area contributed by atoms with Crippen LogP contribution in [0.1, 0.15) is 38.8 Å². The molecule has 6 heteroatoms. The van der Waals surface area contributed by atoms with Crippen LogP contribution in [0.2, 0.25) is 0 Å². The summed E-state index contributed by atoms with van der Waals surface area (Å²) in [4.78, 5) is 4.19. The van der Waals surface area contributed by atoms with Gasteiger partial charge in [0.15, 0.2) is 0 Å². The third-order valence-electron chi connectivity index (χ3n) is 4.04. The van der Waals surface area contributed by atoms with Crippen molar-refractivity contribution in [2.75, 3.05) is 5.43 Å². The number of hydrazine groups is 1. The van der Waals surface area contributed by atoms with Gasteiger partial charge < -0.3 is 14.7 Å². The van der Waals surface area contributed by atoms with Crippen LogP contribution in [0, 0.1) is 6.92 Å². The number of pyridine rings is 1. The Balaban J connectivity index is 2.20. The number of anilines is 1. The molecule has 1 aliphatic rings. The summed E-state index contributed by atoms with van der Waals surface area (Å²) in [6.07, 6.45) is 3.65. The van der Waals surface area contributed by atoms with Gasteiger partial charge in [-0.25, -0.2) is 10.8 Å². The van der Waals surface area contributed by atoms with E-state index < -0.39 is 0 Å². The fourth-order valence-corrected chi connectivity index (χ4v) is 2.04. The highest BCUT2D eigenvalue weighted by atomic mass is 16.7. The highest BCUT2D eigenvalue weighted by Gasteiger charge is 2.50. The zero-order valence-electron chi connectivity index (χ0n) is 12.7. The van der Waals surface area contributed by atoms with Gasteiger partial charge in [-0.3, -0.25) is 0 Å². The largest absolute Gasteiger partial charge is 0.487 e. The van der Waals surface area contributed by atoms with Gasteiger partial charge in [0, 0.05) is 11.8 Å². The van der Waals surface area contributed by atoms with Crippen LogP contribution in [-0.2, 0) is 9.31 Å². The van der Waals surface area contributed by atoms with E-state index in [0.29, 0.717) is 5.82 Å². The molecule has 20 heavy (non-hydrogen) atoms. The first kappa shape index (κ1) is 15.0. The molecule has 0 bridgehead atoms. The molecule has 0 unspecified atom stereocenters. The van der Waals surface area contributed by atoms with Gasteiger partial charge in [0.05, 0.1) is 11.2 Å². The normalized spacial score (nSPS) is 20.6. The third kappa shape index (κ3) is 2.72. The van der Waals surface area contributed by atoms with Crippen LogP contribution >= 0.6 is 0 Å². The molecule has 0 amide bonds. The molecular weight excluding hydrogens is 253 g/mol. The second-order valence-corrected chi connectivity index (χ2v) is 6.02. The van der Waals surface area contributed by atoms with E-state index in [0.717, 1.165) is 11.1 Å². The maximum Gasteiger partial charge on any atom is 0.487 e. The van der Waals surface area contributed by atoms with Gasteiger partial charge in [0.2, 0.25) is 0 Å². The summed E-state index contributed by atoms with van der Waals surface area (Å²) in [7, 11) is -0.370. The number of nitrogens with zero attached hydrogens (tertiary/aromatic N) is 1. The number of aromatic nitrogens is 1. The second kappa shape index (κ2) is 5.20. The van der Waals surface area contributed by atoms with E-state index in [1.807, 2.05) is 52.7 Å². The van der Waals surface area contributed by atoms with Crippen LogP contribution in [0.25, 0.3) is 6.08 Å². The summed E-state index contributed by atoms with van der Waals surface area (Å²) in [6, 6.07) is 1.94.